The molecule has 334 valence electrons. The molecule has 0 unspecified atom stereocenters. The number of rotatable bonds is 5. The quantitative estimate of drug-likeness (QED) is 0.172. The maximum absolute atomic E-state index is 6.45. The first kappa shape index (κ1) is 39.4. The van der Waals surface area contributed by atoms with Gasteiger partial charge in [-0.25, -0.2) is 15.0 Å². The van der Waals surface area contributed by atoms with Crippen LogP contribution in [-0.4, -0.2) is 19.5 Å². The fourth-order valence-electron chi connectivity index (χ4n) is 11.4. The smallest absolute Gasteiger partial charge is 0.164 e. The summed E-state index contributed by atoms with van der Waals surface area (Å²) in [7, 11) is 0. The highest BCUT2D eigenvalue weighted by Gasteiger charge is 2.24. The Morgan fingerprint density at radius 1 is 0.333 bits per heavy atom. The predicted molar refractivity (Wildman–Crippen MR) is 298 cm³/mol. The maximum Gasteiger partial charge on any atom is 0.164 e. The zero-order valence-corrected chi connectivity index (χ0v) is 39.1. The van der Waals surface area contributed by atoms with Crippen LogP contribution in [0.5, 0.6) is 0 Å². The monoisotopic (exact) mass is 936 g/mol. The van der Waals surface area contributed by atoms with Gasteiger partial charge in [0.05, 0.1) is 11.0 Å². The SMILES string of the molecule is c1ccc2cc3c(cc2c1)c1ccc2ccccc2c1n3-c1ccc(-c2nc(-c3cccc4oc5ccccc5c34)nc(-c3cccc4oc5ccccc5c34)n2)c(-c2ccc3c(c2)sc2ccccc23)c1. The lowest BCUT2D eigenvalue weighted by Gasteiger charge is -2.16. The van der Waals surface area contributed by atoms with Crippen molar-refractivity contribution in [3.8, 4) is 51.0 Å². The number of nitrogens with zero attached hydrogens (tertiary/aromatic N) is 4. The van der Waals surface area contributed by atoms with Crippen LogP contribution in [-0.2, 0) is 0 Å². The Labute approximate surface area is 414 Å². The standard InChI is InChI=1S/C65H36N4O2S/c1-2-15-39-34-53-52(33-38(39)14-1)45-31-27-37-13-3-4-16-42(37)62(45)69(53)41-29-32-46(51(36-41)40-28-30-44-43-17-7-10-26-58(43)72-59(44)35-40)63-66-64(49-20-11-24-56-60(49)47-18-5-8-22-54(47)70-56)68-65(67-63)50-21-12-25-57-61(50)48-19-6-9-23-55(48)71-57/h1-36H. The molecule has 5 heterocycles. The largest absolute Gasteiger partial charge is 0.456 e. The fraction of sp³-hybridized carbons (Fsp3) is 0. The minimum Gasteiger partial charge on any atom is -0.456 e. The molecule has 0 atom stereocenters. The van der Waals surface area contributed by atoms with Crippen molar-refractivity contribution in [1.82, 2.24) is 19.5 Å². The molecule has 0 spiro atoms. The molecule has 6 nitrogen and oxygen atoms in total. The second-order valence-corrected chi connectivity index (χ2v) is 19.7. The lowest BCUT2D eigenvalue weighted by atomic mass is 9.96. The van der Waals surface area contributed by atoms with Crippen LogP contribution >= 0.6 is 11.3 Å². The summed E-state index contributed by atoms with van der Waals surface area (Å²) in [6.07, 6.45) is 0. The number of furan rings is 2. The van der Waals surface area contributed by atoms with Gasteiger partial charge in [0, 0.05) is 80.3 Å². The molecule has 0 radical (unpaired) electrons. The summed E-state index contributed by atoms with van der Waals surface area (Å²) in [5.74, 6) is 1.65. The van der Waals surface area contributed by atoms with Gasteiger partial charge in [-0.05, 0) is 94.0 Å². The number of hydrogen-bond donors (Lipinski definition) is 0. The molecule has 5 aromatic heterocycles. The van der Waals surface area contributed by atoms with Crippen LogP contribution in [0.1, 0.15) is 0 Å². The number of benzene rings is 11. The van der Waals surface area contributed by atoms with Gasteiger partial charge in [-0.3, -0.25) is 0 Å². The summed E-state index contributed by atoms with van der Waals surface area (Å²) in [4.78, 5) is 16.5. The van der Waals surface area contributed by atoms with E-state index in [4.69, 9.17) is 23.8 Å². The number of aromatic nitrogens is 4. The molecular formula is C65H36N4O2S. The second kappa shape index (κ2) is 15.0. The van der Waals surface area contributed by atoms with Crippen LogP contribution < -0.4 is 0 Å². The van der Waals surface area contributed by atoms with Crippen molar-refractivity contribution in [1.29, 1.82) is 0 Å². The Morgan fingerprint density at radius 2 is 0.889 bits per heavy atom. The highest BCUT2D eigenvalue weighted by atomic mass is 32.1. The Kier molecular flexibility index (Phi) is 8.23. The van der Waals surface area contributed by atoms with Gasteiger partial charge < -0.3 is 13.4 Å². The van der Waals surface area contributed by atoms with E-state index in [2.05, 4.69) is 162 Å². The zero-order valence-electron chi connectivity index (χ0n) is 38.3. The minimum absolute atomic E-state index is 0.549. The van der Waals surface area contributed by atoms with E-state index >= 15 is 0 Å². The summed E-state index contributed by atoms with van der Waals surface area (Å²) < 4.78 is 17.8. The molecule has 16 aromatic rings. The highest BCUT2D eigenvalue weighted by molar-refractivity contribution is 7.25. The molecule has 0 aliphatic carbocycles. The molecule has 0 N–H and O–H groups in total. The van der Waals surface area contributed by atoms with Gasteiger partial charge in [-0.15, -0.1) is 11.3 Å². The van der Waals surface area contributed by atoms with Gasteiger partial charge in [-0.1, -0.05) is 152 Å². The van der Waals surface area contributed by atoms with Gasteiger partial charge in [0.25, 0.3) is 0 Å². The summed E-state index contributed by atoms with van der Waals surface area (Å²) >= 11 is 1.82. The molecule has 0 aliphatic heterocycles. The Balaban J connectivity index is 1.01. The van der Waals surface area contributed by atoms with Crippen molar-refractivity contribution in [3.63, 3.8) is 0 Å². The highest BCUT2D eigenvalue weighted by Crippen LogP contribution is 2.45. The van der Waals surface area contributed by atoms with Gasteiger partial charge in [0.15, 0.2) is 17.5 Å². The van der Waals surface area contributed by atoms with Crippen molar-refractivity contribution >= 4 is 119 Å². The summed E-state index contributed by atoms with van der Waals surface area (Å²) in [5.41, 5.74) is 11.2. The molecule has 7 heteroatoms. The Hall–Kier alpha value is -9.43. The molecule has 0 amide bonds. The van der Waals surface area contributed by atoms with E-state index in [1.165, 1.54) is 58.0 Å². The van der Waals surface area contributed by atoms with Crippen molar-refractivity contribution in [2.75, 3.05) is 0 Å². The van der Waals surface area contributed by atoms with Crippen molar-refractivity contribution in [2.24, 2.45) is 0 Å². The van der Waals surface area contributed by atoms with Crippen LogP contribution in [0.3, 0.4) is 0 Å². The van der Waals surface area contributed by atoms with Gasteiger partial charge in [-0.2, -0.15) is 0 Å². The molecule has 72 heavy (non-hydrogen) atoms. The lowest BCUT2D eigenvalue weighted by Crippen LogP contribution is -2.02. The van der Waals surface area contributed by atoms with E-state index in [1.54, 1.807) is 0 Å². The molecule has 11 aromatic carbocycles. The molecule has 16 rings (SSSR count). The number of para-hydroxylation sites is 2. The first-order valence-electron chi connectivity index (χ1n) is 24.2. The van der Waals surface area contributed by atoms with E-state index in [0.717, 1.165) is 82.9 Å². The molecule has 0 aliphatic rings. The Bertz CT molecular complexity index is 4830. The van der Waals surface area contributed by atoms with Crippen molar-refractivity contribution in [3.05, 3.63) is 218 Å². The fourth-order valence-corrected chi connectivity index (χ4v) is 12.5. The summed E-state index contributed by atoms with van der Waals surface area (Å²) in [6, 6.07) is 77.6. The van der Waals surface area contributed by atoms with Gasteiger partial charge in [0.2, 0.25) is 0 Å². The number of fused-ring (bicyclic) bond motifs is 15. The number of hydrogen-bond acceptors (Lipinski definition) is 6. The van der Waals surface area contributed by atoms with Gasteiger partial charge >= 0.3 is 0 Å². The van der Waals surface area contributed by atoms with Crippen LogP contribution in [0.4, 0.5) is 0 Å². The molecule has 0 bridgehead atoms. The predicted octanol–water partition coefficient (Wildman–Crippen LogP) is 18.1. The second-order valence-electron chi connectivity index (χ2n) is 18.6. The third kappa shape index (κ3) is 5.80. The summed E-state index contributed by atoms with van der Waals surface area (Å²) in [5, 5.41) is 13.6. The maximum atomic E-state index is 6.45. The molecule has 0 saturated heterocycles. The van der Waals surface area contributed by atoms with Crippen LogP contribution in [0, 0.1) is 0 Å². The number of thiophene rings is 1. The van der Waals surface area contributed by atoms with Crippen molar-refractivity contribution < 1.29 is 8.83 Å². The van der Waals surface area contributed by atoms with E-state index < -0.39 is 0 Å². The van der Waals surface area contributed by atoms with Crippen molar-refractivity contribution in [2.45, 2.75) is 0 Å². The Morgan fingerprint density at radius 3 is 1.60 bits per heavy atom. The van der Waals surface area contributed by atoms with Crippen LogP contribution in [0.2, 0.25) is 0 Å². The van der Waals surface area contributed by atoms with E-state index in [1.807, 2.05) is 72.0 Å². The first-order chi connectivity index (χ1) is 35.7. The average molecular weight is 937 g/mol. The zero-order chi connectivity index (χ0) is 47.0. The molecule has 0 saturated carbocycles. The van der Waals surface area contributed by atoms with Crippen LogP contribution in [0.15, 0.2) is 227 Å². The molecule has 0 fully saturated rings. The van der Waals surface area contributed by atoms with E-state index in [0.29, 0.717) is 17.5 Å². The van der Waals surface area contributed by atoms with Crippen LogP contribution in [0.25, 0.3) is 158 Å². The third-order valence-electron chi connectivity index (χ3n) is 14.6. The third-order valence-corrected chi connectivity index (χ3v) is 15.8. The van der Waals surface area contributed by atoms with E-state index in [-0.39, 0.29) is 0 Å². The topological polar surface area (TPSA) is 69.9 Å². The average Bonchev–Trinajstić information content (AvgIpc) is 4.21. The lowest BCUT2D eigenvalue weighted by molar-refractivity contribution is 0.668. The molecular weight excluding hydrogens is 901 g/mol. The normalized spacial score (nSPS) is 12.2. The van der Waals surface area contributed by atoms with Gasteiger partial charge in [0.1, 0.15) is 22.3 Å². The van der Waals surface area contributed by atoms with E-state index in [9.17, 15) is 0 Å². The first-order valence-corrected chi connectivity index (χ1v) is 25.0. The summed E-state index contributed by atoms with van der Waals surface area (Å²) in [6.45, 7) is 0. The minimum atomic E-state index is 0.549.